The molecule has 0 heterocycles. The third-order valence-electron chi connectivity index (χ3n) is 2.59. The largest absolute Gasteiger partial charge is 0.409 e. The minimum absolute atomic E-state index is 0.212. The van der Waals surface area contributed by atoms with E-state index in [0.29, 0.717) is 0 Å². The number of amides is 1. The molecule has 20 heavy (non-hydrogen) atoms. The van der Waals surface area contributed by atoms with Crippen LogP contribution >= 0.6 is 11.6 Å². The lowest BCUT2D eigenvalue weighted by Gasteiger charge is -2.26. The van der Waals surface area contributed by atoms with Crippen LogP contribution in [0.25, 0.3) is 0 Å². The molecular weight excluding hydrogens is 292 g/mol. The molecule has 0 spiro atoms. The van der Waals surface area contributed by atoms with E-state index < -0.39 is 28.1 Å². The summed E-state index contributed by atoms with van der Waals surface area (Å²) in [5.41, 5.74) is 4.87. The molecule has 8 heteroatoms. The van der Waals surface area contributed by atoms with Gasteiger partial charge in [0.1, 0.15) is 11.6 Å². The van der Waals surface area contributed by atoms with E-state index in [1.165, 1.54) is 0 Å². The lowest BCUT2D eigenvalue weighted by molar-refractivity contribution is 0.0728. The lowest BCUT2D eigenvalue weighted by atomic mass is 10.1. The summed E-state index contributed by atoms with van der Waals surface area (Å²) in [5, 5.41) is 10.9. The summed E-state index contributed by atoms with van der Waals surface area (Å²) < 4.78 is 27.1. The van der Waals surface area contributed by atoms with Crippen molar-refractivity contribution in [2.24, 2.45) is 10.9 Å². The van der Waals surface area contributed by atoms with Crippen molar-refractivity contribution in [3.63, 3.8) is 0 Å². The maximum absolute atomic E-state index is 13.7. The molecule has 0 aliphatic heterocycles. The van der Waals surface area contributed by atoms with Gasteiger partial charge < -0.3 is 15.8 Å². The summed E-state index contributed by atoms with van der Waals surface area (Å²) >= 11 is 5.43. The van der Waals surface area contributed by atoms with E-state index in [1.807, 2.05) is 0 Å². The van der Waals surface area contributed by atoms with Crippen LogP contribution in [-0.4, -0.2) is 34.4 Å². The number of oxime groups is 1. The highest BCUT2D eigenvalue weighted by molar-refractivity contribution is 6.30. The molecule has 1 rings (SSSR count). The van der Waals surface area contributed by atoms with Gasteiger partial charge in [0.15, 0.2) is 5.84 Å². The Balaban J connectivity index is 3.16. The van der Waals surface area contributed by atoms with Crippen molar-refractivity contribution in [2.75, 3.05) is 6.54 Å². The topological polar surface area (TPSA) is 78.9 Å². The summed E-state index contributed by atoms with van der Waals surface area (Å²) in [4.78, 5) is 13.3. The second-order valence-corrected chi connectivity index (χ2v) is 4.77. The van der Waals surface area contributed by atoms with Gasteiger partial charge in [-0.1, -0.05) is 16.8 Å². The van der Waals surface area contributed by atoms with Gasteiger partial charge in [0, 0.05) is 6.04 Å². The molecule has 3 N–H and O–H groups in total. The average molecular weight is 306 g/mol. The minimum Gasteiger partial charge on any atom is -0.409 e. The van der Waals surface area contributed by atoms with E-state index in [2.05, 4.69) is 5.16 Å². The lowest BCUT2D eigenvalue weighted by Crippen LogP contribution is -2.43. The molecule has 0 fully saturated rings. The van der Waals surface area contributed by atoms with Gasteiger partial charge in [0.2, 0.25) is 0 Å². The number of benzene rings is 1. The highest BCUT2D eigenvalue weighted by Crippen LogP contribution is 2.21. The Kier molecular flexibility index (Phi) is 5.26. The van der Waals surface area contributed by atoms with Gasteiger partial charge in [-0.2, -0.15) is 0 Å². The minimum atomic E-state index is -0.938. The second-order valence-electron chi connectivity index (χ2n) is 4.36. The van der Waals surface area contributed by atoms with Crippen LogP contribution in [0.2, 0.25) is 5.02 Å². The smallest absolute Gasteiger partial charge is 0.257 e. The van der Waals surface area contributed by atoms with E-state index in [9.17, 15) is 13.6 Å². The monoisotopic (exact) mass is 305 g/mol. The Morgan fingerprint density at radius 1 is 1.45 bits per heavy atom. The first-order valence-corrected chi connectivity index (χ1v) is 6.07. The van der Waals surface area contributed by atoms with Crippen LogP contribution in [0.1, 0.15) is 24.2 Å². The Bertz CT molecular complexity index is 550. The zero-order valence-corrected chi connectivity index (χ0v) is 11.7. The van der Waals surface area contributed by atoms with Gasteiger partial charge in [-0.05, 0) is 26.0 Å². The van der Waals surface area contributed by atoms with Crippen molar-refractivity contribution in [3.05, 3.63) is 34.4 Å². The average Bonchev–Trinajstić information content (AvgIpc) is 2.38. The number of carbonyl (C=O) groups is 1. The summed E-state index contributed by atoms with van der Waals surface area (Å²) in [6.07, 6.45) is 0. The summed E-state index contributed by atoms with van der Waals surface area (Å²) in [6.45, 7) is 3.11. The van der Waals surface area contributed by atoms with Crippen LogP contribution in [0.5, 0.6) is 0 Å². The SMILES string of the molecule is CC(C)N(C/C(N)=N/O)C(=O)c1cc(F)c(Cl)cc1F. The molecule has 0 unspecified atom stereocenters. The molecule has 110 valence electrons. The fraction of sp³-hybridized carbons (Fsp3) is 0.333. The molecular formula is C12H14ClF2N3O2. The van der Waals surface area contributed by atoms with Gasteiger partial charge >= 0.3 is 0 Å². The van der Waals surface area contributed by atoms with Gasteiger partial charge in [0.05, 0.1) is 17.1 Å². The van der Waals surface area contributed by atoms with Crippen molar-refractivity contribution in [2.45, 2.75) is 19.9 Å². The van der Waals surface area contributed by atoms with Crippen molar-refractivity contribution in [1.82, 2.24) is 4.90 Å². The first-order valence-electron chi connectivity index (χ1n) is 5.69. The third-order valence-corrected chi connectivity index (χ3v) is 2.88. The number of hydrogen-bond acceptors (Lipinski definition) is 3. The molecule has 0 aromatic heterocycles. The Morgan fingerprint density at radius 3 is 2.55 bits per heavy atom. The molecule has 1 aromatic carbocycles. The molecule has 0 aliphatic rings. The van der Waals surface area contributed by atoms with E-state index in [-0.39, 0.29) is 18.4 Å². The molecule has 5 nitrogen and oxygen atoms in total. The van der Waals surface area contributed by atoms with E-state index in [1.54, 1.807) is 13.8 Å². The Hall–Kier alpha value is -1.89. The van der Waals surface area contributed by atoms with E-state index >= 15 is 0 Å². The van der Waals surface area contributed by atoms with Crippen molar-refractivity contribution in [3.8, 4) is 0 Å². The predicted molar refractivity (Wildman–Crippen MR) is 70.9 cm³/mol. The summed E-state index contributed by atoms with van der Waals surface area (Å²) in [6, 6.07) is 1.09. The molecule has 0 saturated carbocycles. The number of rotatable bonds is 4. The maximum Gasteiger partial charge on any atom is 0.257 e. The van der Waals surface area contributed by atoms with Crippen LogP contribution in [0.3, 0.4) is 0 Å². The number of nitrogens with two attached hydrogens (primary N) is 1. The molecule has 1 aromatic rings. The van der Waals surface area contributed by atoms with Crippen LogP contribution in [-0.2, 0) is 0 Å². The van der Waals surface area contributed by atoms with Gasteiger partial charge in [-0.3, -0.25) is 4.79 Å². The van der Waals surface area contributed by atoms with Crippen LogP contribution < -0.4 is 5.73 Å². The van der Waals surface area contributed by atoms with Crippen LogP contribution in [0.15, 0.2) is 17.3 Å². The van der Waals surface area contributed by atoms with Gasteiger partial charge in [-0.15, -0.1) is 0 Å². The zero-order chi connectivity index (χ0) is 15.4. The Labute approximate surface area is 119 Å². The highest BCUT2D eigenvalue weighted by Gasteiger charge is 2.24. The zero-order valence-electron chi connectivity index (χ0n) is 10.9. The first-order chi connectivity index (χ1) is 9.27. The van der Waals surface area contributed by atoms with Crippen molar-refractivity contribution >= 4 is 23.3 Å². The van der Waals surface area contributed by atoms with Gasteiger partial charge in [-0.25, -0.2) is 8.78 Å². The highest BCUT2D eigenvalue weighted by atomic mass is 35.5. The standard InChI is InChI=1S/C12H14ClF2N3O2/c1-6(2)18(5-11(16)17-20)12(19)7-3-10(15)8(13)4-9(7)14/h3-4,6,20H,5H2,1-2H3,(H2,16,17). The number of nitrogens with zero attached hydrogens (tertiary/aromatic N) is 2. The Morgan fingerprint density at radius 2 is 2.05 bits per heavy atom. The fourth-order valence-corrected chi connectivity index (χ4v) is 1.69. The number of hydrogen-bond donors (Lipinski definition) is 2. The number of halogens is 3. The fourth-order valence-electron chi connectivity index (χ4n) is 1.54. The van der Waals surface area contributed by atoms with Crippen LogP contribution in [0.4, 0.5) is 8.78 Å². The van der Waals surface area contributed by atoms with E-state index in [0.717, 1.165) is 17.0 Å². The molecule has 0 radical (unpaired) electrons. The van der Waals surface area contributed by atoms with Crippen LogP contribution in [0, 0.1) is 11.6 Å². The van der Waals surface area contributed by atoms with Crippen molar-refractivity contribution in [1.29, 1.82) is 0 Å². The quantitative estimate of drug-likeness (QED) is 0.294. The molecule has 0 aliphatic carbocycles. The third kappa shape index (κ3) is 3.57. The number of carbonyl (C=O) groups excluding carboxylic acids is 1. The summed E-state index contributed by atoms with van der Waals surface area (Å²) in [5.74, 6) is -2.84. The number of amidine groups is 1. The normalized spacial score (nSPS) is 11.8. The predicted octanol–water partition coefficient (Wildman–Crippen LogP) is 2.22. The molecule has 0 bridgehead atoms. The van der Waals surface area contributed by atoms with Gasteiger partial charge in [0.25, 0.3) is 5.91 Å². The molecule has 0 atom stereocenters. The first kappa shape index (κ1) is 16.2. The summed E-state index contributed by atoms with van der Waals surface area (Å²) in [7, 11) is 0. The van der Waals surface area contributed by atoms with Crippen molar-refractivity contribution < 1.29 is 18.8 Å². The maximum atomic E-state index is 13.7. The molecule has 1 amide bonds. The van der Waals surface area contributed by atoms with E-state index in [4.69, 9.17) is 22.5 Å². The second kappa shape index (κ2) is 6.51. The molecule has 0 saturated heterocycles.